The van der Waals surface area contributed by atoms with Gasteiger partial charge < -0.3 is 25.0 Å². The summed E-state index contributed by atoms with van der Waals surface area (Å²) in [7, 11) is 0. The van der Waals surface area contributed by atoms with E-state index in [1.54, 1.807) is 0 Å². The van der Waals surface area contributed by atoms with Crippen LogP contribution in [0.1, 0.15) is 65.7 Å². The van der Waals surface area contributed by atoms with E-state index in [-0.39, 0.29) is 5.92 Å². The average Bonchev–Trinajstić information content (AvgIpc) is 2.78. The summed E-state index contributed by atoms with van der Waals surface area (Å²) in [5, 5.41) is 6.91. The quantitative estimate of drug-likeness (QED) is 0.303. The summed E-state index contributed by atoms with van der Waals surface area (Å²) in [6, 6.07) is 0.373. The van der Waals surface area contributed by atoms with E-state index in [1.165, 1.54) is 0 Å². The Balaban J connectivity index is 1.65. The van der Waals surface area contributed by atoms with Crippen LogP contribution < -0.4 is 10.6 Å². The number of likely N-dealkylation sites (tertiary alicyclic amines) is 1. The Bertz CT molecular complexity index is 497. The van der Waals surface area contributed by atoms with Crippen molar-refractivity contribution in [2.45, 2.75) is 71.8 Å². The third kappa shape index (κ3) is 8.80. The Hall–Kier alpha value is -1.34. The number of rotatable bonds is 11. The second kappa shape index (κ2) is 14.6. The lowest BCUT2D eigenvalue weighted by Crippen LogP contribution is -2.50. The maximum absolute atomic E-state index is 12.6. The summed E-state index contributed by atoms with van der Waals surface area (Å²) in [4.78, 5) is 19.3. The number of guanidine groups is 1. The van der Waals surface area contributed by atoms with E-state index in [9.17, 15) is 4.79 Å². The minimum Gasteiger partial charge on any atom is -0.381 e. The first kappa shape index (κ1) is 24.9. The standard InChI is InChI=1S/C23H44N4O3/c1-4-20(5-2)22(28)27-13-8-21(9-14-27)26-23(24-6-3)25-12-7-15-30-18-19-10-16-29-17-11-19/h19-21H,4-18H2,1-3H3,(H2,24,25,26). The molecule has 0 atom stereocenters. The molecule has 0 radical (unpaired) electrons. The van der Waals surface area contributed by atoms with Crippen molar-refractivity contribution in [3.05, 3.63) is 0 Å². The van der Waals surface area contributed by atoms with Crippen LogP contribution in [0.4, 0.5) is 0 Å². The molecule has 2 heterocycles. The van der Waals surface area contributed by atoms with Crippen molar-refractivity contribution >= 4 is 11.9 Å². The fraction of sp³-hybridized carbons (Fsp3) is 0.913. The summed E-state index contributed by atoms with van der Waals surface area (Å²) in [5.74, 6) is 2.05. The molecule has 1 amide bonds. The molecule has 2 aliphatic rings. The number of carbonyl (C=O) groups excluding carboxylic acids is 1. The van der Waals surface area contributed by atoms with Crippen LogP contribution in [0.3, 0.4) is 0 Å². The van der Waals surface area contributed by atoms with E-state index in [4.69, 9.17) is 14.5 Å². The average molecular weight is 425 g/mol. The van der Waals surface area contributed by atoms with Gasteiger partial charge in [0, 0.05) is 64.6 Å². The Labute approximate surface area is 183 Å². The number of ether oxygens (including phenoxy) is 2. The first-order valence-corrected chi connectivity index (χ1v) is 12.2. The number of piperidine rings is 1. The van der Waals surface area contributed by atoms with Crippen LogP contribution in [0.2, 0.25) is 0 Å². The number of nitrogens with zero attached hydrogens (tertiary/aromatic N) is 2. The molecule has 0 aromatic carbocycles. The summed E-state index contributed by atoms with van der Waals surface area (Å²) in [6.07, 6.45) is 6.99. The summed E-state index contributed by atoms with van der Waals surface area (Å²) >= 11 is 0. The molecule has 2 rings (SSSR count). The lowest BCUT2D eigenvalue weighted by molar-refractivity contribution is -0.136. The minimum absolute atomic E-state index is 0.182. The van der Waals surface area contributed by atoms with Gasteiger partial charge in [-0.2, -0.15) is 0 Å². The van der Waals surface area contributed by atoms with Crippen molar-refractivity contribution < 1.29 is 14.3 Å². The SMILES string of the molecule is CCNC(=NCCCOCC1CCOCC1)NC1CCN(C(=O)C(CC)CC)CC1. The van der Waals surface area contributed by atoms with Gasteiger partial charge in [-0.25, -0.2) is 0 Å². The Morgan fingerprint density at radius 2 is 1.83 bits per heavy atom. The van der Waals surface area contributed by atoms with Gasteiger partial charge in [0.05, 0.1) is 0 Å². The zero-order valence-electron chi connectivity index (χ0n) is 19.5. The van der Waals surface area contributed by atoms with Gasteiger partial charge in [-0.3, -0.25) is 9.79 Å². The molecule has 0 aromatic rings. The molecule has 0 aliphatic carbocycles. The Morgan fingerprint density at radius 3 is 2.47 bits per heavy atom. The Morgan fingerprint density at radius 1 is 1.13 bits per heavy atom. The molecular formula is C23H44N4O3. The van der Waals surface area contributed by atoms with E-state index in [2.05, 4.69) is 36.3 Å². The van der Waals surface area contributed by atoms with Gasteiger partial charge >= 0.3 is 0 Å². The predicted octanol–water partition coefficient (Wildman–Crippen LogP) is 2.80. The first-order chi connectivity index (χ1) is 14.7. The van der Waals surface area contributed by atoms with Crippen LogP contribution in [0.5, 0.6) is 0 Å². The molecule has 0 spiro atoms. The van der Waals surface area contributed by atoms with Gasteiger partial charge in [0.1, 0.15) is 0 Å². The predicted molar refractivity (Wildman–Crippen MR) is 122 cm³/mol. The Kier molecular flexibility index (Phi) is 12.2. The van der Waals surface area contributed by atoms with Crippen molar-refractivity contribution in [1.29, 1.82) is 0 Å². The number of carbonyl (C=O) groups is 1. The van der Waals surface area contributed by atoms with Crippen LogP contribution in [0, 0.1) is 11.8 Å². The molecule has 0 unspecified atom stereocenters. The molecule has 30 heavy (non-hydrogen) atoms. The highest BCUT2D eigenvalue weighted by Crippen LogP contribution is 2.17. The largest absolute Gasteiger partial charge is 0.381 e. The summed E-state index contributed by atoms with van der Waals surface area (Å²) in [5.41, 5.74) is 0. The van der Waals surface area contributed by atoms with E-state index in [0.717, 1.165) is 104 Å². The van der Waals surface area contributed by atoms with Gasteiger partial charge in [0.2, 0.25) is 5.91 Å². The molecular weight excluding hydrogens is 380 g/mol. The minimum atomic E-state index is 0.182. The van der Waals surface area contributed by atoms with E-state index >= 15 is 0 Å². The molecule has 7 heteroatoms. The molecule has 0 saturated carbocycles. The monoisotopic (exact) mass is 424 g/mol. The van der Waals surface area contributed by atoms with Crippen LogP contribution >= 0.6 is 0 Å². The van der Waals surface area contributed by atoms with Gasteiger partial charge in [-0.05, 0) is 57.8 Å². The molecule has 2 fully saturated rings. The maximum Gasteiger partial charge on any atom is 0.225 e. The zero-order chi connectivity index (χ0) is 21.6. The molecule has 0 bridgehead atoms. The second-order valence-corrected chi connectivity index (χ2v) is 8.50. The van der Waals surface area contributed by atoms with Gasteiger partial charge in [0.25, 0.3) is 0 Å². The highest BCUT2D eigenvalue weighted by Gasteiger charge is 2.26. The maximum atomic E-state index is 12.6. The third-order valence-corrected chi connectivity index (χ3v) is 6.24. The van der Waals surface area contributed by atoms with Gasteiger partial charge in [-0.15, -0.1) is 0 Å². The van der Waals surface area contributed by atoms with E-state index < -0.39 is 0 Å². The van der Waals surface area contributed by atoms with Gasteiger partial charge in [0.15, 0.2) is 5.96 Å². The normalized spacial score (nSPS) is 19.3. The molecule has 2 saturated heterocycles. The molecule has 2 N–H and O–H groups in total. The van der Waals surface area contributed by atoms with E-state index in [1.807, 2.05) is 0 Å². The lowest BCUT2D eigenvalue weighted by Gasteiger charge is -2.34. The summed E-state index contributed by atoms with van der Waals surface area (Å²) < 4.78 is 11.2. The number of aliphatic imine (C=N–C) groups is 1. The highest BCUT2D eigenvalue weighted by molar-refractivity contribution is 5.80. The number of hydrogen-bond acceptors (Lipinski definition) is 4. The number of hydrogen-bond donors (Lipinski definition) is 2. The number of nitrogens with one attached hydrogen (secondary N) is 2. The molecule has 174 valence electrons. The lowest BCUT2D eigenvalue weighted by atomic mass is 9.98. The van der Waals surface area contributed by atoms with Crippen LogP contribution in [0.15, 0.2) is 4.99 Å². The van der Waals surface area contributed by atoms with Crippen molar-refractivity contribution in [2.75, 3.05) is 52.6 Å². The van der Waals surface area contributed by atoms with Crippen molar-refractivity contribution in [3.63, 3.8) is 0 Å². The van der Waals surface area contributed by atoms with Crippen LogP contribution in [-0.2, 0) is 14.3 Å². The number of amides is 1. The van der Waals surface area contributed by atoms with Gasteiger partial charge in [-0.1, -0.05) is 13.8 Å². The highest BCUT2D eigenvalue weighted by atomic mass is 16.5. The smallest absolute Gasteiger partial charge is 0.225 e. The molecule has 7 nitrogen and oxygen atoms in total. The van der Waals surface area contributed by atoms with E-state index in [0.29, 0.717) is 17.9 Å². The second-order valence-electron chi connectivity index (χ2n) is 8.50. The first-order valence-electron chi connectivity index (χ1n) is 12.2. The fourth-order valence-electron chi connectivity index (χ4n) is 4.17. The van der Waals surface area contributed by atoms with Crippen LogP contribution in [-0.4, -0.2) is 75.4 Å². The topological polar surface area (TPSA) is 75.2 Å². The third-order valence-electron chi connectivity index (χ3n) is 6.24. The van der Waals surface area contributed by atoms with Crippen molar-refractivity contribution in [3.8, 4) is 0 Å². The zero-order valence-corrected chi connectivity index (χ0v) is 19.5. The molecule has 0 aromatic heterocycles. The summed E-state index contributed by atoms with van der Waals surface area (Å²) in [6.45, 7) is 12.9. The van der Waals surface area contributed by atoms with Crippen molar-refractivity contribution in [1.82, 2.24) is 15.5 Å². The fourth-order valence-corrected chi connectivity index (χ4v) is 4.17. The van der Waals surface area contributed by atoms with Crippen molar-refractivity contribution in [2.24, 2.45) is 16.8 Å². The molecule has 2 aliphatic heterocycles. The van der Waals surface area contributed by atoms with Crippen LogP contribution in [0.25, 0.3) is 0 Å².